The van der Waals surface area contributed by atoms with Gasteiger partial charge < -0.3 is 10.5 Å². The van der Waals surface area contributed by atoms with Crippen LogP contribution in [0.5, 0.6) is 5.75 Å². The van der Waals surface area contributed by atoms with Crippen molar-refractivity contribution in [3.63, 3.8) is 0 Å². The number of benzene rings is 1. The van der Waals surface area contributed by atoms with Crippen LogP contribution in [0.2, 0.25) is 0 Å². The van der Waals surface area contributed by atoms with Crippen molar-refractivity contribution < 1.29 is 9.13 Å². The van der Waals surface area contributed by atoms with Crippen LogP contribution in [0.3, 0.4) is 0 Å². The first-order valence-electron chi connectivity index (χ1n) is 7.22. The fourth-order valence-corrected chi connectivity index (χ4v) is 3.31. The van der Waals surface area contributed by atoms with E-state index in [1.165, 1.54) is 13.2 Å². The smallest absolute Gasteiger partial charge is 0.165 e. The number of nitrogens with zero attached hydrogens (tertiary/aromatic N) is 2. The molecule has 4 nitrogen and oxygen atoms in total. The highest BCUT2D eigenvalue weighted by Gasteiger charge is 2.35. The number of halogens is 1. The maximum Gasteiger partial charge on any atom is 0.165 e. The van der Waals surface area contributed by atoms with E-state index in [2.05, 4.69) is 9.80 Å². The molecular weight excluding hydrogens is 257 g/mol. The second-order valence-electron chi connectivity index (χ2n) is 5.74. The molecule has 1 aromatic rings. The molecule has 3 heterocycles. The summed E-state index contributed by atoms with van der Waals surface area (Å²) in [5.41, 5.74) is 7.30. The molecule has 3 aliphatic rings. The molecule has 20 heavy (non-hydrogen) atoms. The zero-order valence-electron chi connectivity index (χ0n) is 11.9. The molecule has 5 heteroatoms. The largest absolute Gasteiger partial charge is 0.494 e. The van der Waals surface area contributed by atoms with Gasteiger partial charge in [-0.2, -0.15) is 0 Å². The van der Waals surface area contributed by atoms with Crippen LogP contribution in [0.1, 0.15) is 5.56 Å². The summed E-state index contributed by atoms with van der Waals surface area (Å²) in [7, 11) is 1.48. The van der Waals surface area contributed by atoms with Crippen LogP contribution in [-0.4, -0.2) is 61.7 Å². The number of piperazine rings is 3. The van der Waals surface area contributed by atoms with E-state index < -0.39 is 0 Å². The standard InChI is InChI=1S/C15H22FN3O/c1-20-15-3-2-11(8-12(15)16)9-13(17)14-10-18-4-6-19(14)7-5-18/h2-3,8,13-14H,4-7,9-10,17H2,1H3. The van der Waals surface area contributed by atoms with E-state index in [-0.39, 0.29) is 17.6 Å². The summed E-state index contributed by atoms with van der Waals surface area (Å²) in [6.45, 7) is 5.56. The lowest BCUT2D eigenvalue weighted by atomic mass is 9.95. The summed E-state index contributed by atoms with van der Waals surface area (Å²) in [5, 5.41) is 0. The number of fused-ring (bicyclic) bond motifs is 3. The zero-order chi connectivity index (χ0) is 14.1. The van der Waals surface area contributed by atoms with Crippen LogP contribution < -0.4 is 10.5 Å². The Morgan fingerprint density at radius 1 is 1.35 bits per heavy atom. The van der Waals surface area contributed by atoms with Crippen molar-refractivity contribution in [2.24, 2.45) is 5.73 Å². The zero-order valence-corrected chi connectivity index (χ0v) is 11.9. The highest BCUT2D eigenvalue weighted by molar-refractivity contribution is 5.30. The van der Waals surface area contributed by atoms with Gasteiger partial charge in [0.15, 0.2) is 11.6 Å². The normalized spacial score (nSPS) is 30.2. The van der Waals surface area contributed by atoms with Gasteiger partial charge in [0.1, 0.15) is 0 Å². The summed E-state index contributed by atoms with van der Waals surface area (Å²) in [4.78, 5) is 4.95. The molecule has 3 saturated heterocycles. The third kappa shape index (κ3) is 2.66. The molecule has 2 atom stereocenters. The maximum absolute atomic E-state index is 13.7. The van der Waals surface area contributed by atoms with Gasteiger partial charge in [-0.3, -0.25) is 9.80 Å². The van der Waals surface area contributed by atoms with Gasteiger partial charge in [-0.15, -0.1) is 0 Å². The van der Waals surface area contributed by atoms with E-state index >= 15 is 0 Å². The van der Waals surface area contributed by atoms with Crippen molar-refractivity contribution in [3.05, 3.63) is 29.6 Å². The molecule has 2 unspecified atom stereocenters. The Balaban J connectivity index is 1.66. The summed E-state index contributed by atoms with van der Waals surface area (Å²) in [5.74, 6) is -0.0275. The van der Waals surface area contributed by atoms with Gasteiger partial charge >= 0.3 is 0 Å². The molecule has 0 aliphatic carbocycles. The van der Waals surface area contributed by atoms with Gasteiger partial charge in [-0.25, -0.2) is 4.39 Å². The van der Waals surface area contributed by atoms with Crippen LogP contribution in [0.15, 0.2) is 18.2 Å². The van der Waals surface area contributed by atoms with Crippen LogP contribution in [0.25, 0.3) is 0 Å². The van der Waals surface area contributed by atoms with Crippen molar-refractivity contribution in [2.45, 2.75) is 18.5 Å². The van der Waals surface area contributed by atoms with Crippen LogP contribution >= 0.6 is 0 Å². The third-order valence-corrected chi connectivity index (χ3v) is 4.50. The second-order valence-corrected chi connectivity index (χ2v) is 5.74. The van der Waals surface area contributed by atoms with E-state index in [1.54, 1.807) is 6.07 Å². The molecule has 0 aromatic heterocycles. The molecule has 0 spiro atoms. The molecular formula is C15H22FN3O. The SMILES string of the molecule is COc1ccc(CC(N)C2CN3CCN2CC3)cc1F. The van der Waals surface area contributed by atoms with E-state index in [1.807, 2.05) is 6.07 Å². The molecule has 3 fully saturated rings. The Bertz CT molecular complexity index is 474. The third-order valence-electron chi connectivity index (χ3n) is 4.50. The minimum absolute atomic E-state index is 0.0471. The Hall–Kier alpha value is -1.17. The van der Waals surface area contributed by atoms with E-state index in [9.17, 15) is 4.39 Å². The lowest BCUT2D eigenvalue weighted by Crippen LogP contribution is -2.66. The molecule has 1 aromatic carbocycles. The van der Waals surface area contributed by atoms with Crippen molar-refractivity contribution in [1.82, 2.24) is 9.80 Å². The number of hydrogen-bond donors (Lipinski definition) is 1. The van der Waals surface area contributed by atoms with Gasteiger partial charge in [-0.1, -0.05) is 6.07 Å². The molecule has 2 N–H and O–H groups in total. The maximum atomic E-state index is 13.7. The van der Waals surface area contributed by atoms with Gasteiger partial charge in [0.25, 0.3) is 0 Å². The molecule has 4 rings (SSSR count). The van der Waals surface area contributed by atoms with Crippen molar-refractivity contribution >= 4 is 0 Å². The predicted molar refractivity (Wildman–Crippen MR) is 76.4 cm³/mol. The highest BCUT2D eigenvalue weighted by Crippen LogP contribution is 2.22. The monoisotopic (exact) mass is 279 g/mol. The molecule has 2 bridgehead atoms. The molecule has 3 aliphatic heterocycles. The first-order chi connectivity index (χ1) is 9.67. The minimum Gasteiger partial charge on any atom is -0.494 e. The Kier molecular flexibility index (Phi) is 3.92. The lowest BCUT2D eigenvalue weighted by molar-refractivity contribution is 0.00258. The number of ether oxygens (including phenoxy) is 1. The Morgan fingerprint density at radius 2 is 2.10 bits per heavy atom. The molecule has 110 valence electrons. The average Bonchev–Trinajstić information content (AvgIpc) is 2.48. The van der Waals surface area contributed by atoms with Crippen molar-refractivity contribution in [2.75, 3.05) is 39.8 Å². The first-order valence-corrected chi connectivity index (χ1v) is 7.22. The topological polar surface area (TPSA) is 41.7 Å². The molecule has 0 radical (unpaired) electrons. The Morgan fingerprint density at radius 3 is 2.65 bits per heavy atom. The van der Waals surface area contributed by atoms with Gasteiger partial charge in [0.2, 0.25) is 0 Å². The highest BCUT2D eigenvalue weighted by atomic mass is 19.1. The van der Waals surface area contributed by atoms with Gasteiger partial charge in [0.05, 0.1) is 7.11 Å². The summed E-state index contributed by atoms with van der Waals surface area (Å²) in [6.07, 6.45) is 0.704. The van der Waals surface area contributed by atoms with Gasteiger partial charge in [0, 0.05) is 44.8 Å². The van der Waals surface area contributed by atoms with Crippen LogP contribution in [0.4, 0.5) is 4.39 Å². The van der Waals surface area contributed by atoms with Crippen LogP contribution in [-0.2, 0) is 6.42 Å². The second kappa shape index (κ2) is 5.68. The summed E-state index contributed by atoms with van der Waals surface area (Å²) >= 11 is 0. The quantitative estimate of drug-likeness (QED) is 0.881. The average molecular weight is 279 g/mol. The van der Waals surface area contributed by atoms with Crippen LogP contribution in [0, 0.1) is 5.82 Å². The van der Waals surface area contributed by atoms with Crippen molar-refractivity contribution in [3.8, 4) is 5.75 Å². The van der Waals surface area contributed by atoms with Gasteiger partial charge in [-0.05, 0) is 24.1 Å². The Labute approximate surface area is 119 Å². The summed E-state index contributed by atoms with van der Waals surface area (Å²) in [6, 6.07) is 5.55. The predicted octanol–water partition coefficient (Wildman–Crippen LogP) is 0.704. The van der Waals surface area contributed by atoms with E-state index in [0.29, 0.717) is 12.5 Å². The minimum atomic E-state index is -0.313. The number of hydrogen-bond acceptors (Lipinski definition) is 4. The number of rotatable bonds is 4. The molecule has 0 amide bonds. The first kappa shape index (κ1) is 13.8. The fourth-order valence-electron chi connectivity index (χ4n) is 3.31. The van der Waals surface area contributed by atoms with Crippen molar-refractivity contribution in [1.29, 1.82) is 0 Å². The fraction of sp³-hybridized carbons (Fsp3) is 0.600. The molecule has 0 saturated carbocycles. The number of methoxy groups -OCH3 is 1. The van der Waals surface area contributed by atoms with E-state index in [0.717, 1.165) is 38.3 Å². The van der Waals surface area contributed by atoms with E-state index in [4.69, 9.17) is 10.5 Å². The summed E-state index contributed by atoms with van der Waals surface area (Å²) < 4.78 is 18.6. The number of nitrogens with two attached hydrogens (primary N) is 1. The lowest BCUT2D eigenvalue weighted by Gasteiger charge is -2.49.